The van der Waals surface area contributed by atoms with E-state index in [1.54, 1.807) is 23.2 Å². The molecule has 116 valence electrons. The number of esters is 1. The summed E-state index contributed by atoms with van der Waals surface area (Å²) in [5.41, 5.74) is 0.769. The highest BCUT2D eigenvalue weighted by Crippen LogP contribution is 2.16. The van der Waals surface area contributed by atoms with Crippen molar-refractivity contribution in [1.29, 1.82) is 0 Å². The van der Waals surface area contributed by atoms with Crippen molar-refractivity contribution in [3.8, 4) is 0 Å². The lowest BCUT2D eigenvalue weighted by atomic mass is 10.2. The number of hydrogen-bond acceptors (Lipinski definition) is 5. The fraction of sp³-hybridized carbons (Fsp3) is 0.267. The molecule has 7 heteroatoms. The van der Waals surface area contributed by atoms with Crippen LogP contribution in [0.15, 0.2) is 43.0 Å². The van der Waals surface area contributed by atoms with E-state index < -0.39 is 5.97 Å². The van der Waals surface area contributed by atoms with E-state index in [-0.39, 0.29) is 6.61 Å². The Bertz CT molecular complexity index is 614. The maximum Gasteiger partial charge on any atom is 0.330 e. The number of ether oxygens (including phenoxy) is 2. The Kier molecular flexibility index (Phi) is 6.60. The molecule has 0 aliphatic carbocycles. The van der Waals surface area contributed by atoms with Crippen molar-refractivity contribution in [1.82, 2.24) is 14.8 Å². The zero-order chi connectivity index (χ0) is 15.6. The minimum Gasteiger partial charge on any atom is -0.460 e. The van der Waals surface area contributed by atoms with Gasteiger partial charge in [0.15, 0.2) is 0 Å². The average Bonchev–Trinajstić information content (AvgIpc) is 3.03. The lowest BCUT2D eigenvalue weighted by Gasteiger charge is -2.04. The van der Waals surface area contributed by atoms with Gasteiger partial charge >= 0.3 is 5.97 Å². The van der Waals surface area contributed by atoms with Gasteiger partial charge in [-0.25, -0.2) is 9.78 Å². The Hall–Kier alpha value is -2.18. The van der Waals surface area contributed by atoms with Crippen molar-refractivity contribution >= 4 is 23.6 Å². The van der Waals surface area contributed by atoms with Gasteiger partial charge in [0.25, 0.3) is 0 Å². The maximum absolute atomic E-state index is 11.5. The number of hydrogen-bond donors (Lipinski definition) is 0. The predicted octanol–water partition coefficient (Wildman–Crippen LogP) is 2.20. The van der Waals surface area contributed by atoms with Crippen LogP contribution in [-0.2, 0) is 20.8 Å². The van der Waals surface area contributed by atoms with Crippen molar-refractivity contribution in [3.63, 3.8) is 0 Å². The van der Waals surface area contributed by atoms with E-state index >= 15 is 0 Å². The minimum absolute atomic E-state index is 0.197. The van der Waals surface area contributed by atoms with Gasteiger partial charge in [-0.15, -0.1) is 0 Å². The molecule has 0 saturated carbocycles. The van der Waals surface area contributed by atoms with Crippen LogP contribution >= 0.6 is 11.6 Å². The molecule has 0 atom stereocenters. The van der Waals surface area contributed by atoms with E-state index in [2.05, 4.69) is 10.1 Å². The summed E-state index contributed by atoms with van der Waals surface area (Å²) in [6, 6.07) is 7.25. The second-order valence-corrected chi connectivity index (χ2v) is 4.70. The fourth-order valence-electron chi connectivity index (χ4n) is 1.63. The third-order valence-corrected chi connectivity index (χ3v) is 3.05. The summed E-state index contributed by atoms with van der Waals surface area (Å²) in [4.78, 5) is 15.3. The Morgan fingerprint density at radius 2 is 2.14 bits per heavy atom. The molecule has 0 bridgehead atoms. The summed E-state index contributed by atoms with van der Waals surface area (Å²) in [6.07, 6.45) is 6.04. The molecule has 0 unspecified atom stereocenters. The van der Waals surface area contributed by atoms with Crippen LogP contribution in [0.5, 0.6) is 0 Å². The molecule has 2 aromatic rings. The first-order chi connectivity index (χ1) is 10.8. The van der Waals surface area contributed by atoms with Crippen molar-refractivity contribution < 1.29 is 14.3 Å². The number of halogens is 1. The second-order valence-electron chi connectivity index (χ2n) is 4.29. The molecule has 0 amide bonds. The van der Waals surface area contributed by atoms with Crippen LogP contribution in [0.4, 0.5) is 0 Å². The Morgan fingerprint density at radius 3 is 2.91 bits per heavy atom. The first-order valence-corrected chi connectivity index (χ1v) is 7.13. The summed E-state index contributed by atoms with van der Waals surface area (Å²) in [5.74, 6) is -0.431. The van der Waals surface area contributed by atoms with Crippen LogP contribution in [0.25, 0.3) is 6.08 Å². The molecule has 0 N–H and O–H groups in total. The number of benzene rings is 1. The van der Waals surface area contributed by atoms with Gasteiger partial charge in [-0.1, -0.05) is 29.8 Å². The largest absolute Gasteiger partial charge is 0.460 e. The molecule has 0 spiro atoms. The Labute approximate surface area is 133 Å². The molecule has 6 nitrogen and oxygen atoms in total. The Balaban J connectivity index is 1.59. The van der Waals surface area contributed by atoms with Crippen molar-refractivity contribution in [3.05, 3.63) is 53.6 Å². The van der Waals surface area contributed by atoms with E-state index in [4.69, 9.17) is 21.1 Å². The monoisotopic (exact) mass is 321 g/mol. The lowest BCUT2D eigenvalue weighted by molar-refractivity contribution is -0.139. The molecular formula is C15H16ClN3O3. The molecule has 1 aromatic heterocycles. The molecule has 1 aromatic carbocycles. The first-order valence-electron chi connectivity index (χ1n) is 6.75. The standard InChI is InChI=1S/C15H16ClN3O3/c16-14-4-2-1-3-13(14)5-6-15(20)22-10-9-21-8-7-19-12-17-11-18-19/h1-6,11-12H,7-10H2/b6-5-. The molecule has 1 heterocycles. The molecule has 0 aliphatic rings. The number of nitrogens with zero attached hydrogens (tertiary/aromatic N) is 3. The van der Waals surface area contributed by atoms with Crippen LogP contribution in [0, 0.1) is 0 Å². The average molecular weight is 322 g/mol. The molecule has 22 heavy (non-hydrogen) atoms. The predicted molar refractivity (Wildman–Crippen MR) is 82.3 cm³/mol. The number of carbonyl (C=O) groups excluding carboxylic acids is 1. The topological polar surface area (TPSA) is 66.2 Å². The van der Waals surface area contributed by atoms with Crippen molar-refractivity contribution in [2.75, 3.05) is 19.8 Å². The summed E-state index contributed by atoms with van der Waals surface area (Å²) >= 11 is 5.98. The van der Waals surface area contributed by atoms with Gasteiger partial charge in [-0.05, 0) is 17.7 Å². The molecular weight excluding hydrogens is 306 g/mol. The molecule has 0 aliphatic heterocycles. The molecule has 2 rings (SSSR count). The minimum atomic E-state index is -0.431. The lowest BCUT2D eigenvalue weighted by Crippen LogP contribution is -2.12. The first kappa shape index (κ1) is 16.2. The molecule has 0 radical (unpaired) electrons. The van der Waals surface area contributed by atoms with Gasteiger partial charge in [-0.2, -0.15) is 5.10 Å². The van der Waals surface area contributed by atoms with E-state index in [0.717, 1.165) is 5.56 Å². The fourth-order valence-corrected chi connectivity index (χ4v) is 1.82. The highest BCUT2D eigenvalue weighted by atomic mass is 35.5. The summed E-state index contributed by atoms with van der Waals surface area (Å²) in [7, 11) is 0. The summed E-state index contributed by atoms with van der Waals surface area (Å²) in [5, 5.41) is 4.53. The van der Waals surface area contributed by atoms with Gasteiger partial charge in [0.1, 0.15) is 19.3 Å². The molecule has 0 saturated heterocycles. The van der Waals surface area contributed by atoms with E-state index in [1.165, 1.54) is 12.4 Å². The van der Waals surface area contributed by atoms with Crippen molar-refractivity contribution in [2.24, 2.45) is 0 Å². The van der Waals surface area contributed by atoms with E-state index in [9.17, 15) is 4.79 Å². The summed E-state index contributed by atoms with van der Waals surface area (Å²) in [6.45, 7) is 1.63. The van der Waals surface area contributed by atoms with Gasteiger partial charge in [-0.3, -0.25) is 4.68 Å². The smallest absolute Gasteiger partial charge is 0.330 e. The summed E-state index contributed by atoms with van der Waals surface area (Å²) < 4.78 is 12.0. The zero-order valence-electron chi connectivity index (χ0n) is 11.9. The van der Waals surface area contributed by atoms with Gasteiger partial charge < -0.3 is 9.47 Å². The van der Waals surface area contributed by atoms with Crippen LogP contribution in [0.3, 0.4) is 0 Å². The number of rotatable bonds is 8. The third kappa shape index (κ3) is 5.67. The number of carbonyl (C=O) groups is 1. The van der Waals surface area contributed by atoms with Gasteiger partial charge in [0, 0.05) is 11.1 Å². The van der Waals surface area contributed by atoms with E-state index in [1.807, 2.05) is 18.2 Å². The van der Waals surface area contributed by atoms with E-state index in [0.29, 0.717) is 24.8 Å². The van der Waals surface area contributed by atoms with Crippen molar-refractivity contribution in [2.45, 2.75) is 6.54 Å². The van der Waals surface area contributed by atoms with Crippen LogP contribution in [-0.4, -0.2) is 40.6 Å². The van der Waals surface area contributed by atoms with Gasteiger partial charge in [0.05, 0.1) is 19.8 Å². The quantitative estimate of drug-likeness (QED) is 0.423. The normalized spacial score (nSPS) is 11.0. The third-order valence-electron chi connectivity index (χ3n) is 2.71. The Morgan fingerprint density at radius 1 is 1.27 bits per heavy atom. The number of aromatic nitrogens is 3. The van der Waals surface area contributed by atoms with Crippen LogP contribution in [0.2, 0.25) is 5.02 Å². The van der Waals surface area contributed by atoms with Crippen LogP contribution in [0.1, 0.15) is 5.56 Å². The highest BCUT2D eigenvalue weighted by molar-refractivity contribution is 6.32. The second kappa shape index (κ2) is 8.96. The maximum atomic E-state index is 11.5. The van der Waals surface area contributed by atoms with Crippen LogP contribution < -0.4 is 0 Å². The zero-order valence-corrected chi connectivity index (χ0v) is 12.6. The SMILES string of the molecule is O=C(/C=C\c1ccccc1Cl)OCCOCCn1cncn1. The highest BCUT2D eigenvalue weighted by Gasteiger charge is 1.99. The molecule has 0 fully saturated rings. The van der Waals surface area contributed by atoms with Gasteiger partial charge in [0.2, 0.25) is 0 Å².